The Kier molecular flexibility index (Phi) is 7.78. The molecule has 8 heteroatoms. The van der Waals surface area contributed by atoms with E-state index in [2.05, 4.69) is 5.32 Å². The molecule has 0 aromatic heterocycles. The number of anilines is 1. The van der Waals surface area contributed by atoms with Crippen molar-refractivity contribution < 1.29 is 22.7 Å². The molecule has 0 bridgehead atoms. The van der Waals surface area contributed by atoms with E-state index in [0.29, 0.717) is 5.69 Å². The molecule has 0 saturated carbocycles. The molecule has 156 valence electrons. The number of para-hydroxylation sites is 1. The first-order chi connectivity index (χ1) is 13.8. The Morgan fingerprint density at radius 2 is 1.66 bits per heavy atom. The summed E-state index contributed by atoms with van der Waals surface area (Å²) in [4.78, 5) is 23.9. The molecule has 0 aliphatic heterocycles. The lowest BCUT2D eigenvalue weighted by Gasteiger charge is -2.22. The Morgan fingerprint density at radius 3 is 2.21 bits per heavy atom. The van der Waals surface area contributed by atoms with Crippen molar-refractivity contribution in [1.29, 1.82) is 0 Å². The van der Waals surface area contributed by atoms with Crippen LogP contribution in [0.4, 0.5) is 5.69 Å². The summed E-state index contributed by atoms with van der Waals surface area (Å²) >= 11 is 0. The summed E-state index contributed by atoms with van der Waals surface area (Å²) < 4.78 is 32.2. The Morgan fingerprint density at radius 1 is 1.03 bits per heavy atom. The number of carbonyl (C=O) groups excluding carboxylic acids is 2. The molecule has 1 N–H and O–H groups in total. The summed E-state index contributed by atoms with van der Waals surface area (Å²) in [6.07, 6.45) is 0.771. The molecular weight excluding hydrogens is 392 g/mol. The summed E-state index contributed by atoms with van der Waals surface area (Å²) in [7, 11) is -3.77. The number of nitrogens with one attached hydrogen (secondary N) is 1. The van der Waals surface area contributed by atoms with Gasteiger partial charge in [0, 0.05) is 12.6 Å². The van der Waals surface area contributed by atoms with Crippen LogP contribution in [0.1, 0.15) is 37.6 Å². The van der Waals surface area contributed by atoms with Crippen molar-refractivity contribution in [2.45, 2.75) is 38.1 Å². The average molecular weight is 419 g/mol. The van der Waals surface area contributed by atoms with Gasteiger partial charge < -0.3 is 10.1 Å². The van der Waals surface area contributed by atoms with Gasteiger partial charge in [-0.1, -0.05) is 25.1 Å². The fourth-order valence-electron chi connectivity index (χ4n) is 2.61. The molecule has 29 heavy (non-hydrogen) atoms. The lowest BCUT2D eigenvalue weighted by atomic mass is 10.2. The van der Waals surface area contributed by atoms with E-state index in [-0.39, 0.29) is 35.6 Å². The first-order valence-corrected chi connectivity index (χ1v) is 10.9. The second-order valence-electron chi connectivity index (χ2n) is 6.48. The van der Waals surface area contributed by atoms with E-state index in [1.807, 2.05) is 19.9 Å². The smallest absolute Gasteiger partial charge is 0.338 e. The van der Waals surface area contributed by atoms with Gasteiger partial charge in [0.05, 0.1) is 16.1 Å². The fourth-order valence-corrected chi connectivity index (χ4v) is 4.08. The van der Waals surface area contributed by atoms with E-state index in [1.54, 1.807) is 31.2 Å². The highest BCUT2D eigenvalue weighted by atomic mass is 32.2. The summed E-state index contributed by atoms with van der Waals surface area (Å²) in [6, 6.07) is 14.3. The Hall–Kier alpha value is -2.87. The molecule has 0 saturated heterocycles. The molecule has 0 radical (unpaired) electrons. The molecule has 7 nitrogen and oxygen atoms in total. The number of rotatable bonds is 9. The summed E-state index contributed by atoms with van der Waals surface area (Å²) in [6.45, 7) is 5.42. The summed E-state index contributed by atoms with van der Waals surface area (Å²) in [5, 5.41) is 2.70. The summed E-state index contributed by atoms with van der Waals surface area (Å²) in [5.74, 6) is -1.07. The summed E-state index contributed by atoms with van der Waals surface area (Å²) in [5.41, 5.74) is 0.730. The minimum absolute atomic E-state index is 0.00295. The number of nitrogens with zero attached hydrogens (tertiary/aromatic N) is 1. The molecule has 0 aliphatic carbocycles. The van der Waals surface area contributed by atoms with Crippen LogP contribution < -0.4 is 9.62 Å². The molecule has 0 heterocycles. The third-order valence-electron chi connectivity index (χ3n) is 4.36. The molecule has 2 aromatic rings. The van der Waals surface area contributed by atoms with E-state index in [0.717, 1.165) is 6.42 Å². The molecular formula is C21H26N2O5S. The number of hydrogen-bond acceptors (Lipinski definition) is 5. The van der Waals surface area contributed by atoms with Gasteiger partial charge in [0.25, 0.3) is 15.9 Å². The van der Waals surface area contributed by atoms with Gasteiger partial charge in [-0.25, -0.2) is 13.2 Å². The third kappa shape index (κ3) is 5.80. The first kappa shape index (κ1) is 22.4. The highest BCUT2D eigenvalue weighted by Crippen LogP contribution is 2.23. The van der Waals surface area contributed by atoms with E-state index >= 15 is 0 Å². The van der Waals surface area contributed by atoms with Gasteiger partial charge in [-0.3, -0.25) is 9.10 Å². The third-order valence-corrected chi connectivity index (χ3v) is 6.28. The van der Waals surface area contributed by atoms with E-state index in [9.17, 15) is 18.0 Å². The monoisotopic (exact) mass is 418 g/mol. The van der Waals surface area contributed by atoms with Crippen molar-refractivity contribution in [1.82, 2.24) is 5.32 Å². The van der Waals surface area contributed by atoms with E-state index in [1.165, 1.54) is 28.6 Å². The normalized spacial score (nSPS) is 12.1. The van der Waals surface area contributed by atoms with E-state index in [4.69, 9.17) is 4.74 Å². The van der Waals surface area contributed by atoms with Crippen LogP contribution in [0.3, 0.4) is 0 Å². The molecule has 0 unspecified atom stereocenters. The van der Waals surface area contributed by atoms with Crippen LogP contribution in [0.2, 0.25) is 0 Å². The van der Waals surface area contributed by atoms with Crippen LogP contribution in [0.25, 0.3) is 0 Å². The van der Waals surface area contributed by atoms with Crippen LogP contribution in [0.15, 0.2) is 59.5 Å². The average Bonchev–Trinajstić information content (AvgIpc) is 2.73. The second-order valence-corrected chi connectivity index (χ2v) is 8.34. The van der Waals surface area contributed by atoms with Gasteiger partial charge in [-0.15, -0.1) is 0 Å². The minimum atomic E-state index is -3.77. The second kappa shape index (κ2) is 10.1. The Labute approximate surface area is 171 Å². The number of esters is 1. The topological polar surface area (TPSA) is 92.8 Å². The maximum absolute atomic E-state index is 12.9. The van der Waals surface area contributed by atoms with Gasteiger partial charge in [0.1, 0.15) is 0 Å². The van der Waals surface area contributed by atoms with Gasteiger partial charge in [0.15, 0.2) is 6.61 Å². The molecule has 1 atom stereocenters. The molecule has 1 amide bonds. The highest BCUT2D eigenvalue weighted by Gasteiger charge is 2.24. The van der Waals surface area contributed by atoms with Crippen LogP contribution in [-0.2, 0) is 19.6 Å². The predicted molar refractivity (Wildman–Crippen MR) is 111 cm³/mol. The van der Waals surface area contributed by atoms with Crippen molar-refractivity contribution >= 4 is 27.6 Å². The molecule has 0 fully saturated rings. The highest BCUT2D eigenvalue weighted by molar-refractivity contribution is 7.92. The van der Waals surface area contributed by atoms with Crippen LogP contribution in [0, 0.1) is 0 Å². The predicted octanol–water partition coefficient (Wildman–Crippen LogP) is 2.97. The van der Waals surface area contributed by atoms with E-state index < -0.39 is 16.0 Å². The number of amides is 1. The largest absolute Gasteiger partial charge is 0.452 e. The quantitative estimate of drug-likeness (QED) is 0.632. The molecule has 2 aromatic carbocycles. The maximum atomic E-state index is 12.9. The van der Waals surface area contributed by atoms with Gasteiger partial charge >= 0.3 is 5.97 Å². The zero-order valence-corrected chi connectivity index (χ0v) is 17.6. The van der Waals surface area contributed by atoms with Crippen LogP contribution in [0.5, 0.6) is 0 Å². The lowest BCUT2D eigenvalue weighted by molar-refractivity contribution is -0.124. The molecule has 0 spiro atoms. The van der Waals surface area contributed by atoms with Gasteiger partial charge in [0.2, 0.25) is 0 Å². The number of sulfonamides is 1. The number of carbonyl (C=O) groups is 2. The standard InChI is InChI=1S/C21H26N2O5S/c1-4-16(3)22-20(24)15-28-21(25)17-11-13-19(14-12-17)29(26,27)23(5-2)18-9-7-6-8-10-18/h6-14,16H,4-5,15H2,1-3H3,(H,22,24)/t16-/m0/s1. The Bertz CT molecular complexity index is 927. The number of hydrogen-bond donors (Lipinski definition) is 1. The van der Waals surface area contributed by atoms with Crippen molar-refractivity contribution in [2.75, 3.05) is 17.5 Å². The Balaban J connectivity index is 2.08. The zero-order chi connectivity index (χ0) is 21.4. The van der Waals surface area contributed by atoms with Crippen molar-refractivity contribution in [3.63, 3.8) is 0 Å². The zero-order valence-electron chi connectivity index (χ0n) is 16.8. The fraction of sp³-hybridized carbons (Fsp3) is 0.333. The van der Waals surface area contributed by atoms with Crippen molar-refractivity contribution in [3.05, 3.63) is 60.2 Å². The van der Waals surface area contributed by atoms with Gasteiger partial charge in [-0.2, -0.15) is 0 Å². The minimum Gasteiger partial charge on any atom is -0.452 e. The number of benzene rings is 2. The maximum Gasteiger partial charge on any atom is 0.338 e. The lowest BCUT2D eigenvalue weighted by Crippen LogP contribution is -2.35. The number of ether oxygens (including phenoxy) is 1. The van der Waals surface area contributed by atoms with Gasteiger partial charge in [-0.05, 0) is 56.7 Å². The van der Waals surface area contributed by atoms with Crippen molar-refractivity contribution in [3.8, 4) is 0 Å². The molecule has 0 aliphatic rings. The first-order valence-electron chi connectivity index (χ1n) is 9.44. The van der Waals surface area contributed by atoms with Crippen molar-refractivity contribution in [2.24, 2.45) is 0 Å². The van der Waals surface area contributed by atoms with Crippen LogP contribution >= 0.6 is 0 Å². The molecule has 2 rings (SSSR count). The SMILES string of the molecule is CC[C@H](C)NC(=O)COC(=O)c1ccc(S(=O)(=O)N(CC)c2ccccc2)cc1. The van der Waals surface area contributed by atoms with Crippen LogP contribution in [-0.4, -0.2) is 39.5 Å².